The minimum Gasteiger partial charge on any atom is -0.369 e. The summed E-state index contributed by atoms with van der Waals surface area (Å²) in [5, 5.41) is 17.6. The van der Waals surface area contributed by atoms with Crippen molar-refractivity contribution in [3.05, 3.63) is 35.2 Å². The van der Waals surface area contributed by atoms with Gasteiger partial charge in [0.2, 0.25) is 0 Å². The summed E-state index contributed by atoms with van der Waals surface area (Å²) >= 11 is 0. The fraction of sp³-hybridized carbons (Fsp3) is 0.667. The largest absolute Gasteiger partial charge is 0.369 e. The summed E-state index contributed by atoms with van der Waals surface area (Å²) in [4.78, 5) is 7.74. The van der Waals surface area contributed by atoms with Gasteiger partial charge in [-0.3, -0.25) is 9.36 Å². The van der Waals surface area contributed by atoms with Gasteiger partial charge in [0.1, 0.15) is 0 Å². The molecule has 0 saturated heterocycles. The van der Waals surface area contributed by atoms with Crippen LogP contribution in [0.5, 0.6) is 0 Å². The molecule has 0 aromatic carbocycles. The molecule has 30 heavy (non-hydrogen) atoms. The highest BCUT2D eigenvalue weighted by molar-refractivity contribution is 5.29. The molecule has 3 aromatic rings. The summed E-state index contributed by atoms with van der Waals surface area (Å²) in [6.07, 6.45) is 5.88. The monoisotopic (exact) mass is 411 g/mol. The second kappa shape index (κ2) is 7.21. The molecule has 9 nitrogen and oxygen atoms in total. The predicted molar refractivity (Wildman–Crippen MR) is 115 cm³/mol. The number of hydrogen-bond acceptors (Lipinski definition) is 6. The summed E-state index contributed by atoms with van der Waals surface area (Å²) in [6.45, 7) is 14.5. The summed E-state index contributed by atoms with van der Waals surface area (Å²) in [6, 6.07) is 0. The Morgan fingerprint density at radius 3 is 1.87 bits per heavy atom. The average molecular weight is 412 g/mol. The molecule has 0 aliphatic heterocycles. The number of H-pyrrole nitrogens is 1. The molecule has 1 aliphatic rings. The highest BCUT2D eigenvalue weighted by atomic mass is 15.4. The maximum atomic E-state index is 5.93. The molecule has 0 unspecified atom stereocenters. The third kappa shape index (κ3) is 4.24. The number of nitrogens with one attached hydrogen (secondary N) is 1. The zero-order valence-corrected chi connectivity index (χ0v) is 18.8. The number of nitrogens with zero attached hydrogens (tertiary/aromatic N) is 7. The Labute approximate surface area is 177 Å². The van der Waals surface area contributed by atoms with Crippen molar-refractivity contribution in [1.82, 2.24) is 40.0 Å². The van der Waals surface area contributed by atoms with Gasteiger partial charge in [0.05, 0.1) is 17.1 Å². The van der Waals surface area contributed by atoms with E-state index >= 15 is 0 Å². The molecule has 3 heterocycles. The molecule has 3 aromatic heterocycles. The van der Waals surface area contributed by atoms with Crippen molar-refractivity contribution in [2.24, 2.45) is 11.8 Å². The van der Waals surface area contributed by atoms with Crippen LogP contribution in [0.4, 0.5) is 5.95 Å². The molecule has 4 rings (SSSR count). The van der Waals surface area contributed by atoms with Crippen LogP contribution in [0.3, 0.4) is 0 Å². The van der Waals surface area contributed by atoms with Crippen molar-refractivity contribution in [2.45, 2.75) is 78.3 Å². The molecule has 3 N–H and O–H groups in total. The number of nitrogens with two attached hydrogens (primary N) is 1. The number of aromatic nitrogens is 8. The van der Waals surface area contributed by atoms with E-state index in [4.69, 9.17) is 5.73 Å². The Morgan fingerprint density at radius 2 is 1.40 bits per heavy atom. The van der Waals surface area contributed by atoms with Gasteiger partial charge in [-0.15, -0.1) is 10.2 Å². The molecule has 0 spiro atoms. The summed E-state index contributed by atoms with van der Waals surface area (Å²) in [5.74, 6) is 1.22. The first kappa shape index (κ1) is 20.6. The second-order valence-corrected chi connectivity index (χ2v) is 10.6. The van der Waals surface area contributed by atoms with Crippen molar-refractivity contribution in [1.29, 1.82) is 0 Å². The fourth-order valence-corrected chi connectivity index (χ4v) is 4.02. The van der Waals surface area contributed by atoms with Gasteiger partial charge >= 0.3 is 0 Å². The van der Waals surface area contributed by atoms with Crippen LogP contribution in [0.1, 0.15) is 64.3 Å². The molecule has 0 fully saturated rings. The summed E-state index contributed by atoms with van der Waals surface area (Å²) < 4.78 is 3.95. The minimum absolute atomic E-state index is 0.0146. The van der Waals surface area contributed by atoms with Gasteiger partial charge in [-0.2, -0.15) is 0 Å². The van der Waals surface area contributed by atoms with Crippen molar-refractivity contribution in [3.63, 3.8) is 0 Å². The summed E-state index contributed by atoms with van der Waals surface area (Å²) in [7, 11) is 0. The lowest BCUT2D eigenvalue weighted by molar-refractivity contribution is 0.224. The molecule has 1 aliphatic carbocycles. The molecule has 9 heteroatoms. The van der Waals surface area contributed by atoms with E-state index in [-0.39, 0.29) is 10.8 Å². The smallest absolute Gasteiger partial charge is 0.197 e. The van der Waals surface area contributed by atoms with E-state index in [1.807, 2.05) is 9.36 Å². The predicted octanol–water partition coefficient (Wildman–Crippen LogP) is 2.50. The van der Waals surface area contributed by atoms with Crippen molar-refractivity contribution in [3.8, 4) is 0 Å². The standard InChI is InChI=1S/C21H33N9/c1-20(2,3)17-11-29(27-25-17)9-13-7-15-16(24-19(22)23-15)8-14(13)10-30-12-18(26-28-30)21(4,5)6/h11-14H,7-10H2,1-6H3,(H3,22,23,24)/t13-,14-/m0/s1. The van der Waals surface area contributed by atoms with Crippen LogP contribution in [-0.4, -0.2) is 40.0 Å². The molecule has 0 saturated carbocycles. The number of fused-ring (bicyclic) bond motifs is 1. The average Bonchev–Trinajstić information content (AvgIpc) is 3.33. The lowest BCUT2D eigenvalue weighted by Gasteiger charge is -2.30. The zero-order valence-electron chi connectivity index (χ0n) is 18.8. The van der Waals surface area contributed by atoms with E-state index in [0.29, 0.717) is 17.8 Å². The maximum absolute atomic E-state index is 5.93. The summed E-state index contributed by atoms with van der Waals surface area (Å²) in [5.41, 5.74) is 10.1. The van der Waals surface area contributed by atoms with Gasteiger partial charge in [0.25, 0.3) is 0 Å². The van der Waals surface area contributed by atoms with Gasteiger partial charge < -0.3 is 10.7 Å². The first-order chi connectivity index (χ1) is 14.0. The number of rotatable bonds is 4. The Hall–Kier alpha value is -2.71. The Kier molecular flexibility index (Phi) is 4.94. The Bertz CT molecular complexity index is 932. The zero-order chi connectivity index (χ0) is 21.7. The number of nitrogen functional groups attached to an aromatic ring is 1. The molecule has 0 amide bonds. The third-order valence-electron chi connectivity index (χ3n) is 5.93. The van der Waals surface area contributed by atoms with Crippen LogP contribution >= 0.6 is 0 Å². The quantitative estimate of drug-likeness (QED) is 0.681. The Morgan fingerprint density at radius 1 is 0.900 bits per heavy atom. The highest BCUT2D eigenvalue weighted by Gasteiger charge is 2.32. The van der Waals surface area contributed by atoms with E-state index < -0.39 is 0 Å². The third-order valence-corrected chi connectivity index (χ3v) is 5.93. The van der Waals surface area contributed by atoms with E-state index in [1.54, 1.807) is 0 Å². The second-order valence-electron chi connectivity index (χ2n) is 10.6. The van der Waals surface area contributed by atoms with Crippen molar-refractivity contribution >= 4 is 5.95 Å². The fourth-order valence-electron chi connectivity index (χ4n) is 4.02. The number of hydrogen-bond donors (Lipinski definition) is 2. The lowest BCUT2D eigenvalue weighted by Crippen LogP contribution is -2.32. The van der Waals surface area contributed by atoms with Gasteiger partial charge in [-0.25, -0.2) is 4.98 Å². The van der Waals surface area contributed by atoms with Crippen LogP contribution in [0.2, 0.25) is 0 Å². The molecular weight excluding hydrogens is 378 g/mol. The van der Waals surface area contributed by atoms with Gasteiger partial charge in [-0.1, -0.05) is 52.0 Å². The molecule has 162 valence electrons. The van der Waals surface area contributed by atoms with Crippen molar-refractivity contribution < 1.29 is 0 Å². The van der Waals surface area contributed by atoms with Crippen LogP contribution in [0.15, 0.2) is 12.4 Å². The van der Waals surface area contributed by atoms with Crippen LogP contribution in [-0.2, 0) is 36.8 Å². The Balaban J connectivity index is 1.57. The van der Waals surface area contributed by atoms with E-state index in [0.717, 1.165) is 48.7 Å². The number of imidazole rings is 1. The van der Waals surface area contributed by atoms with E-state index in [1.165, 1.54) is 0 Å². The first-order valence-corrected chi connectivity index (χ1v) is 10.6. The van der Waals surface area contributed by atoms with Crippen LogP contribution in [0, 0.1) is 11.8 Å². The molecule has 2 atom stereocenters. The van der Waals surface area contributed by atoms with Crippen LogP contribution in [0.25, 0.3) is 0 Å². The van der Waals surface area contributed by atoms with Gasteiger partial charge in [0.15, 0.2) is 5.95 Å². The van der Waals surface area contributed by atoms with Crippen LogP contribution < -0.4 is 5.73 Å². The van der Waals surface area contributed by atoms with E-state index in [9.17, 15) is 0 Å². The van der Waals surface area contributed by atoms with Gasteiger partial charge in [-0.05, 0) is 24.7 Å². The minimum atomic E-state index is -0.0158. The number of anilines is 1. The SMILES string of the molecule is CC(C)(C)c1cn(C[C@@H]2Cc3nc(N)[nH]c3C[C@H]2Cn2cc(C(C)(C)C)nn2)nn1. The van der Waals surface area contributed by atoms with E-state index in [2.05, 4.69) is 84.5 Å². The lowest BCUT2D eigenvalue weighted by atomic mass is 9.79. The van der Waals surface area contributed by atoms with Crippen molar-refractivity contribution in [2.75, 3.05) is 5.73 Å². The molecule has 0 radical (unpaired) electrons. The highest BCUT2D eigenvalue weighted by Crippen LogP contribution is 2.32. The normalized spacial score (nSPS) is 19.8. The molecular formula is C21H33N9. The topological polar surface area (TPSA) is 116 Å². The molecule has 0 bridgehead atoms. The number of aromatic amines is 1. The van der Waals surface area contributed by atoms with Gasteiger partial charge in [0, 0.05) is 42.0 Å². The first-order valence-electron chi connectivity index (χ1n) is 10.6. The maximum Gasteiger partial charge on any atom is 0.197 e.